The molecule has 0 amide bonds. The van der Waals surface area contributed by atoms with Crippen LogP contribution in [0.3, 0.4) is 0 Å². The Morgan fingerprint density at radius 3 is 2.38 bits per heavy atom. The van der Waals surface area contributed by atoms with E-state index in [4.69, 9.17) is 0 Å². The van der Waals surface area contributed by atoms with E-state index in [-0.39, 0.29) is 11.8 Å². The normalized spacial score (nSPS) is 13.7. The van der Waals surface area contributed by atoms with Crippen molar-refractivity contribution >= 4 is 25.8 Å². The lowest BCUT2D eigenvalue weighted by molar-refractivity contribution is 0.566. The van der Waals surface area contributed by atoms with Crippen LogP contribution in [0, 0.1) is 0 Å². The summed E-state index contributed by atoms with van der Waals surface area (Å²) in [5, 5.41) is 3.09. The summed E-state index contributed by atoms with van der Waals surface area (Å²) in [6.07, 6.45) is 0. The summed E-state index contributed by atoms with van der Waals surface area (Å²) in [5.41, 5.74) is 0. The number of hydrogen-bond acceptors (Lipinski definition) is 3. The maximum absolute atomic E-state index is 12.0. The van der Waals surface area contributed by atoms with E-state index in [1.807, 2.05) is 13.8 Å². The maximum atomic E-state index is 12.0. The Labute approximate surface area is 105 Å². The Kier molecular flexibility index (Phi) is 4.95. The third-order valence-electron chi connectivity index (χ3n) is 2.19. The van der Waals surface area contributed by atoms with Crippen molar-refractivity contribution in [3.63, 3.8) is 0 Å². The van der Waals surface area contributed by atoms with Crippen molar-refractivity contribution in [2.75, 3.05) is 12.3 Å². The van der Waals surface area contributed by atoms with Gasteiger partial charge in [-0.05, 0) is 37.7 Å². The number of benzene rings is 1. The molecule has 0 aliphatic heterocycles. The zero-order chi connectivity index (χ0) is 12.2. The van der Waals surface area contributed by atoms with Crippen LogP contribution >= 0.6 is 15.9 Å². The molecule has 0 aromatic heterocycles. The first-order valence-electron chi connectivity index (χ1n) is 5.17. The topological polar surface area (TPSA) is 46.2 Å². The lowest BCUT2D eigenvalue weighted by atomic mass is 10.4. The Balaban J connectivity index is 2.82. The molecule has 0 aliphatic carbocycles. The highest BCUT2D eigenvalue weighted by molar-refractivity contribution is 9.10. The minimum absolute atomic E-state index is 0.0290. The van der Waals surface area contributed by atoms with Gasteiger partial charge in [0.1, 0.15) is 0 Å². The predicted octanol–water partition coefficient (Wildman–Crippen LogP) is 2.22. The van der Waals surface area contributed by atoms with Crippen LogP contribution in [0.25, 0.3) is 0 Å². The summed E-state index contributed by atoms with van der Waals surface area (Å²) in [6, 6.07) is 6.70. The van der Waals surface area contributed by atoms with Gasteiger partial charge in [-0.2, -0.15) is 0 Å². The van der Waals surface area contributed by atoms with E-state index in [1.54, 1.807) is 24.3 Å². The highest BCUT2D eigenvalue weighted by Gasteiger charge is 2.17. The Morgan fingerprint density at radius 2 is 1.88 bits per heavy atom. The smallest absolute Gasteiger partial charge is 0.179 e. The Bertz CT molecular complexity index is 428. The van der Waals surface area contributed by atoms with E-state index < -0.39 is 9.84 Å². The molecule has 0 saturated carbocycles. The first-order chi connectivity index (χ1) is 7.45. The number of nitrogens with one attached hydrogen (secondary N) is 1. The lowest BCUT2D eigenvalue weighted by Crippen LogP contribution is -2.32. The molecule has 0 aliphatic rings. The van der Waals surface area contributed by atoms with Crippen molar-refractivity contribution in [2.24, 2.45) is 0 Å². The fourth-order valence-corrected chi connectivity index (χ4v) is 3.26. The molecule has 0 heterocycles. The van der Waals surface area contributed by atoms with E-state index in [9.17, 15) is 8.42 Å². The number of rotatable bonds is 5. The molecular formula is C11H16BrNO2S. The fourth-order valence-electron chi connectivity index (χ4n) is 1.47. The van der Waals surface area contributed by atoms with Crippen molar-refractivity contribution in [2.45, 2.75) is 24.8 Å². The SMILES string of the molecule is CCNC(C)CS(=O)(=O)c1ccc(Br)cc1. The summed E-state index contributed by atoms with van der Waals surface area (Å²) >= 11 is 3.28. The van der Waals surface area contributed by atoms with Gasteiger partial charge in [-0.25, -0.2) is 8.42 Å². The average Bonchev–Trinajstić information content (AvgIpc) is 2.17. The molecular weight excluding hydrogens is 290 g/mol. The van der Waals surface area contributed by atoms with Gasteiger partial charge in [0.25, 0.3) is 0 Å². The highest BCUT2D eigenvalue weighted by Crippen LogP contribution is 2.16. The summed E-state index contributed by atoms with van der Waals surface area (Å²) in [6.45, 7) is 4.61. The minimum Gasteiger partial charge on any atom is -0.314 e. The molecule has 0 bridgehead atoms. The second kappa shape index (κ2) is 5.80. The van der Waals surface area contributed by atoms with Crippen LogP contribution < -0.4 is 5.32 Å². The quantitative estimate of drug-likeness (QED) is 0.907. The van der Waals surface area contributed by atoms with Crippen molar-refractivity contribution < 1.29 is 8.42 Å². The molecule has 16 heavy (non-hydrogen) atoms. The van der Waals surface area contributed by atoms with Gasteiger partial charge >= 0.3 is 0 Å². The van der Waals surface area contributed by atoms with Crippen LogP contribution in [0.15, 0.2) is 33.6 Å². The van der Waals surface area contributed by atoms with Crippen LogP contribution in [-0.4, -0.2) is 26.8 Å². The van der Waals surface area contributed by atoms with Gasteiger partial charge in [-0.15, -0.1) is 0 Å². The summed E-state index contributed by atoms with van der Waals surface area (Å²) in [7, 11) is -3.18. The second-order valence-electron chi connectivity index (χ2n) is 3.69. The molecule has 1 rings (SSSR count). The predicted molar refractivity (Wildman–Crippen MR) is 69.3 cm³/mol. The monoisotopic (exact) mass is 305 g/mol. The molecule has 1 N–H and O–H groups in total. The molecule has 5 heteroatoms. The van der Waals surface area contributed by atoms with Crippen LogP contribution in [0.1, 0.15) is 13.8 Å². The van der Waals surface area contributed by atoms with Gasteiger partial charge in [-0.1, -0.05) is 22.9 Å². The van der Waals surface area contributed by atoms with E-state index in [0.717, 1.165) is 11.0 Å². The van der Waals surface area contributed by atoms with E-state index in [0.29, 0.717) is 4.90 Å². The van der Waals surface area contributed by atoms with Gasteiger partial charge in [0, 0.05) is 10.5 Å². The lowest BCUT2D eigenvalue weighted by Gasteiger charge is -2.12. The zero-order valence-corrected chi connectivity index (χ0v) is 11.8. The van der Waals surface area contributed by atoms with Crippen molar-refractivity contribution in [3.8, 4) is 0 Å². The van der Waals surface area contributed by atoms with Crippen molar-refractivity contribution in [3.05, 3.63) is 28.7 Å². The van der Waals surface area contributed by atoms with Gasteiger partial charge in [0.15, 0.2) is 9.84 Å². The summed E-state index contributed by atoms with van der Waals surface area (Å²) in [5.74, 6) is 0.127. The van der Waals surface area contributed by atoms with Gasteiger partial charge in [0.05, 0.1) is 10.6 Å². The molecule has 1 aromatic rings. The maximum Gasteiger partial charge on any atom is 0.179 e. The fraction of sp³-hybridized carbons (Fsp3) is 0.455. The first kappa shape index (κ1) is 13.7. The van der Waals surface area contributed by atoms with E-state index in [1.165, 1.54) is 0 Å². The van der Waals surface area contributed by atoms with Crippen molar-refractivity contribution in [1.29, 1.82) is 0 Å². The molecule has 90 valence electrons. The van der Waals surface area contributed by atoms with Crippen LogP contribution in [0.4, 0.5) is 0 Å². The van der Waals surface area contributed by atoms with Crippen LogP contribution in [0.2, 0.25) is 0 Å². The molecule has 0 radical (unpaired) electrons. The molecule has 1 atom stereocenters. The third kappa shape index (κ3) is 3.88. The molecule has 0 spiro atoms. The summed E-state index contributed by atoms with van der Waals surface area (Å²) in [4.78, 5) is 0.375. The average molecular weight is 306 g/mol. The van der Waals surface area contributed by atoms with Crippen LogP contribution in [0.5, 0.6) is 0 Å². The van der Waals surface area contributed by atoms with Gasteiger partial charge < -0.3 is 5.32 Å². The molecule has 3 nitrogen and oxygen atoms in total. The Morgan fingerprint density at radius 1 is 1.31 bits per heavy atom. The minimum atomic E-state index is -3.18. The van der Waals surface area contributed by atoms with Crippen LogP contribution in [-0.2, 0) is 9.84 Å². The highest BCUT2D eigenvalue weighted by atomic mass is 79.9. The largest absolute Gasteiger partial charge is 0.314 e. The molecule has 0 fully saturated rings. The number of hydrogen-bond donors (Lipinski definition) is 1. The number of halogens is 1. The van der Waals surface area contributed by atoms with Gasteiger partial charge in [0.2, 0.25) is 0 Å². The molecule has 1 unspecified atom stereocenters. The zero-order valence-electron chi connectivity index (χ0n) is 9.40. The summed E-state index contributed by atoms with van der Waals surface area (Å²) < 4.78 is 24.8. The number of sulfone groups is 1. The van der Waals surface area contributed by atoms with Gasteiger partial charge in [-0.3, -0.25) is 0 Å². The second-order valence-corrected chi connectivity index (χ2v) is 6.64. The van der Waals surface area contributed by atoms with Crippen molar-refractivity contribution in [1.82, 2.24) is 5.32 Å². The Hall–Kier alpha value is -0.390. The third-order valence-corrected chi connectivity index (χ3v) is 4.65. The standard InChI is InChI=1S/C11H16BrNO2S/c1-3-13-9(2)8-16(14,15)11-6-4-10(12)5-7-11/h4-7,9,13H,3,8H2,1-2H3. The molecule has 1 aromatic carbocycles. The van der Waals surface area contributed by atoms with E-state index >= 15 is 0 Å². The first-order valence-corrected chi connectivity index (χ1v) is 7.62. The molecule has 0 saturated heterocycles. The van der Waals surface area contributed by atoms with E-state index in [2.05, 4.69) is 21.2 Å².